The molecule has 1 aliphatic heterocycles. The molecule has 0 spiro atoms. The zero-order valence-corrected chi connectivity index (χ0v) is 15.7. The van der Waals surface area contributed by atoms with Gasteiger partial charge in [-0.25, -0.2) is 0 Å². The van der Waals surface area contributed by atoms with Gasteiger partial charge in [0.25, 0.3) is 0 Å². The largest absolute Gasteiger partial charge is 0.392 e. The molecule has 1 amide bonds. The zero-order valence-electron chi connectivity index (χ0n) is 15.7. The van der Waals surface area contributed by atoms with Crippen LogP contribution in [0.15, 0.2) is 28.8 Å². The van der Waals surface area contributed by atoms with Gasteiger partial charge in [0.05, 0.1) is 12.3 Å². The van der Waals surface area contributed by atoms with Crippen LogP contribution in [-0.4, -0.2) is 34.2 Å². The van der Waals surface area contributed by atoms with Crippen molar-refractivity contribution in [2.75, 3.05) is 13.1 Å². The minimum Gasteiger partial charge on any atom is -0.392 e. The summed E-state index contributed by atoms with van der Waals surface area (Å²) in [5, 5.41) is 13.1. The fourth-order valence-corrected chi connectivity index (χ4v) is 3.75. The van der Waals surface area contributed by atoms with Crippen LogP contribution in [0.4, 0.5) is 0 Å². The lowest BCUT2D eigenvalue weighted by atomic mass is 9.89. The summed E-state index contributed by atoms with van der Waals surface area (Å²) < 4.78 is 5.17. The molecular formula is C21H28N2O3. The summed E-state index contributed by atoms with van der Waals surface area (Å²) in [6, 6.07) is 8.19. The summed E-state index contributed by atoms with van der Waals surface area (Å²) >= 11 is 0. The van der Waals surface area contributed by atoms with Crippen molar-refractivity contribution in [1.82, 2.24) is 10.1 Å². The summed E-state index contributed by atoms with van der Waals surface area (Å²) in [6.45, 7) is 5.61. The Labute approximate surface area is 155 Å². The van der Waals surface area contributed by atoms with Crippen molar-refractivity contribution in [3.63, 3.8) is 0 Å². The van der Waals surface area contributed by atoms with Crippen LogP contribution in [0.2, 0.25) is 0 Å². The van der Waals surface area contributed by atoms with E-state index in [1.165, 1.54) is 5.56 Å². The molecule has 3 rings (SSSR count). The van der Waals surface area contributed by atoms with Gasteiger partial charge in [-0.15, -0.1) is 0 Å². The molecule has 2 aromatic rings. The molecule has 0 atom stereocenters. The second-order valence-electron chi connectivity index (χ2n) is 7.31. The maximum atomic E-state index is 12.5. The van der Waals surface area contributed by atoms with Crippen LogP contribution in [0.3, 0.4) is 0 Å². The quantitative estimate of drug-likeness (QED) is 0.863. The smallest absolute Gasteiger partial charge is 0.222 e. The van der Waals surface area contributed by atoms with Gasteiger partial charge >= 0.3 is 0 Å². The van der Waals surface area contributed by atoms with Crippen LogP contribution in [0.1, 0.15) is 47.4 Å². The van der Waals surface area contributed by atoms with E-state index in [1.54, 1.807) is 0 Å². The maximum Gasteiger partial charge on any atom is 0.222 e. The minimum atomic E-state index is 0.0920. The molecule has 0 radical (unpaired) electrons. The number of piperidine rings is 1. The third-order valence-corrected chi connectivity index (χ3v) is 5.47. The van der Waals surface area contributed by atoms with Gasteiger partial charge in [-0.1, -0.05) is 29.4 Å². The van der Waals surface area contributed by atoms with Crippen molar-refractivity contribution in [1.29, 1.82) is 0 Å². The van der Waals surface area contributed by atoms with Gasteiger partial charge in [-0.3, -0.25) is 4.79 Å². The molecule has 1 N–H and O–H groups in total. The van der Waals surface area contributed by atoms with Gasteiger partial charge < -0.3 is 14.5 Å². The number of aromatic nitrogens is 1. The highest BCUT2D eigenvalue weighted by Crippen LogP contribution is 2.23. The van der Waals surface area contributed by atoms with Crippen molar-refractivity contribution in [2.24, 2.45) is 5.92 Å². The maximum absolute atomic E-state index is 12.5. The molecule has 1 aromatic carbocycles. The number of aliphatic hydroxyl groups excluding tert-OH is 1. The predicted molar refractivity (Wildman–Crippen MR) is 99.7 cm³/mol. The van der Waals surface area contributed by atoms with Gasteiger partial charge in [-0.05, 0) is 56.6 Å². The normalized spacial score (nSPS) is 15.4. The number of carbonyl (C=O) groups is 1. The topological polar surface area (TPSA) is 66.6 Å². The van der Waals surface area contributed by atoms with Gasteiger partial charge in [0, 0.05) is 25.1 Å². The first-order valence-electron chi connectivity index (χ1n) is 9.45. The number of benzene rings is 1. The summed E-state index contributed by atoms with van der Waals surface area (Å²) in [7, 11) is 0. The second kappa shape index (κ2) is 8.49. The van der Waals surface area contributed by atoms with Gasteiger partial charge in [0.15, 0.2) is 0 Å². The molecule has 0 bridgehead atoms. The Morgan fingerprint density at radius 2 is 1.85 bits per heavy atom. The monoisotopic (exact) mass is 356 g/mol. The van der Waals surface area contributed by atoms with E-state index in [1.807, 2.05) is 30.9 Å². The first-order chi connectivity index (χ1) is 12.6. The van der Waals surface area contributed by atoms with E-state index in [0.717, 1.165) is 54.9 Å². The molecule has 0 saturated carbocycles. The van der Waals surface area contributed by atoms with E-state index in [4.69, 9.17) is 9.63 Å². The van der Waals surface area contributed by atoms with Crippen LogP contribution >= 0.6 is 0 Å². The van der Waals surface area contributed by atoms with Crippen LogP contribution < -0.4 is 0 Å². The highest BCUT2D eigenvalue weighted by molar-refractivity contribution is 5.76. The molecule has 5 nitrogen and oxygen atoms in total. The molecule has 1 aliphatic rings. The van der Waals surface area contributed by atoms with Gasteiger partial charge in [-0.2, -0.15) is 0 Å². The number of hydrogen-bond acceptors (Lipinski definition) is 4. The number of carbonyl (C=O) groups excluding carboxylic acids is 1. The van der Waals surface area contributed by atoms with Crippen LogP contribution in [0.5, 0.6) is 0 Å². The van der Waals surface area contributed by atoms with Crippen LogP contribution in [-0.2, 0) is 24.2 Å². The lowest BCUT2D eigenvalue weighted by Crippen LogP contribution is -2.39. The number of aliphatic hydroxyl groups is 1. The molecule has 1 saturated heterocycles. The van der Waals surface area contributed by atoms with E-state index in [-0.39, 0.29) is 12.5 Å². The lowest BCUT2D eigenvalue weighted by Gasteiger charge is -2.32. The Kier molecular flexibility index (Phi) is 6.09. The summed E-state index contributed by atoms with van der Waals surface area (Å²) in [5.41, 5.74) is 4.22. The Morgan fingerprint density at radius 3 is 2.42 bits per heavy atom. The van der Waals surface area contributed by atoms with E-state index in [2.05, 4.69) is 17.3 Å². The number of aryl methyl sites for hydroxylation is 2. The average molecular weight is 356 g/mol. The third-order valence-electron chi connectivity index (χ3n) is 5.47. The number of amides is 1. The Balaban J connectivity index is 1.44. The fourth-order valence-electron chi connectivity index (χ4n) is 3.75. The molecule has 140 valence electrons. The first-order valence-corrected chi connectivity index (χ1v) is 9.45. The number of rotatable bonds is 6. The van der Waals surface area contributed by atoms with Gasteiger partial charge in [0.2, 0.25) is 5.91 Å². The standard InChI is InChI=1S/C21H28N2O3/c1-15-20(16(2)26-22-15)7-8-21(25)23-11-9-18(10-12-23)13-17-3-5-19(14-24)6-4-17/h3-6,18,24H,7-14H2,1-2H3. The first kappa shape index (κ1) is 18.6. The number of hydrogen-bond donors (Lipinski definition) is 1. The van der Waals surface area contributed by atoms with Crippen molar-refractivity contribution < 1.29 is 14.4 Å². The molecule has 5 heteroatoms. The van der Waals surface area contributed by atoms with Crippen molar-refractivity contribution >= 4 is 5.91 Å². The highest BCUT2D eigenvalue weighted by Gasteiger charge is 2.23. The van der Waals surface area contributed by atoms with E-state index >= 15 is 0 Å². The molecule has 26 heavy (non-hydrogen) atoms. The van der Waals surface area contributed by atoms with Crippen LogP contribution in [0.25, 0.3) is 0 Å². The second-order valence-corrected chi connectivity index (χ2v) is 7.31. The highest BCUT2D eigenvalue weighted by atomic mass is 16.5. The van der Waals surface area contributed by atoms with Crippen molar-refractivity contribution in [3.8, 4) is 0 Å². The van der Waals surface area contributed by atoms with E-state index in [0.29, 0.717) is 18.8 Å². The Morgan fingerprint density at radius 1 is 1.19 bits per heavy atom. The van der Waals surface area contributed by atoms with Crippen molar-refractivity contribution in [2.45, 2.75) is 52.6 Å². The third kappa shape index (κ3) is 4.52. The molecule has 2 heterocycles. The van der Waals surface area contributed by atoms with E-state index < -0.39 is 0 Å². The average Bonchev–Trinajstić information content (AvgIpc) is 2.99. The van der Waals surface area contributed by atoms with Gasteiger partial charge in [0.1, 0.15) is 5.76 Å². The SMILES string of the molecule is Cc1noc(C)c1CCC(=O)N1CCC(Cc2ccc(CO)cc2)CC1. The lowest BCUT2D eigenvalue weighted by molar-refractivity contribution is -0.132. The minimum absolute atomic E-state index is 0.0920. The number of likely N-dealkylation sites (tertiary alicyclic amines) is 1. The summed E-state index contributed by atoms with van der Waals surface area (Å²) in [6.07, 6.45) is 4.39. The van der Waals surface area contributed by atoms with Crippen LogP contribution in [0, 0.1) is 19.8 Å². The molecule has 0 unspecified atom stereocenters. The predicted octanol–water partition coefficient (Wildman–Crippen LogP) is 3.20. The molecule has 1 fully saturated rings. The Hall–Kier alpha value is -2.14. The Bertz CT molecular complexity index is 709. The molecule has 0 aliphatic carbocycles. The number of nitrogens with zero attached hydrogens (tertiary/aromatic N) is 2. The molecular weight excluding hydrogens is 328 g/mol. The summed E-state index contributed by atoms with van der Waals surface area (Å²) in [5.74, 6) is 1.68. The fraction of sp³-hybridized carbons (Fsp3) is 0.524. The zero-order chi connectivity index (χ0) is 18.5. The molecule has 1 aromatic heterocycles. The van der Waals surface area contributed by atoms with E-state index in [9.17, 15) is 4.79 Å². The van der Waals surface area contributed by atoms with Crippen molar-refractivity contribution in [3.05, 3.63) is 52.4 Å². The summed E-state index contributed by atoms with van der Waals surface area (Å²) in [4.78, 5) is 14.5.